The van der Waals surface area contributed by atoms with Crippen LogP contribution in [0, 0.1) is 0 Å². The maximum atomic E-state index is 11.5. The molecule has 0 aliphatic rings. The summed E-state index contributed by atoms with van der Waals surface area (Å²) in [5.74, 6) is 0. The summed E-state index contributed by atoms with van der Waals surface area (Å²) in [6, 6.07) is 0.238. The molecule has 0 rings (SSSR count). The summed E-state index contributed by atoms with van der Waals surface area (Å²) in [4.78, 5) is 0. The minimum atomic E-state index is -0.967. The third-order valence-corrected chi connectivity index (χ3v) is 3.11. The highest BCUT2D eigenvalue weighted by Crippen LogP contribution is 2.14. The molecule has 0 aliphatic heterocycles. The van der Waals surface area contributed by atoms with Crippen LogP contribution in [-0.2, 0) is 11.4 Å². The van der Waals surface area contributed by atoms with Crippen LogP contribution in [0.25, 0.3) is 0 Å². The zero-order valence-corrected chi connectivity index (χ0v) is 9.20. The molecule has 0 fully saturated rings. The smallest absolute Gasteiger partial charge is 0.136 e. The van der Waals surface area contributed by atoms with Crippen LogP contribution < -0.4 is 4.72 Å². The Hall–Kier alpha value is 0.01000. The van der Waals surface area contributed by atoms with Gasteiger partial charge >= 0.3 is 0 Å². The second-order valence-corrected chi connectivity index (χ2v) is 5.92. The Morgan fingerprint density at radius 1 is 1.58 bits per heavy atom. The summed E-state index contributed by atoms with van der Waals surface area (Å²) in [5, 5.41) is 0. The molecule has 1 N–H and O–H groups in total. The molecule has 2 atom stereocenters. The second-order valence-electron chi connectivity index (χ2n) is 3.92. The van der Waals surface area contributed by atoms with Crippen molar-refractivity contribution < 1.29 is 4.55 Å². The fourth-order valence-corrected chi connectivity index (χ4v) is 1.47. The fraction of sp³-hybridized carbons (Fsp3) is 0.778. The zero-order valence-electron chi connectivity index (χ0n) is 8.39. The number of hydrogen-bond donors (Lipinski definition) is 1. The number of nitrogens with one attached hydrogen (secondary N) is 1. The van der Waals surface area contributed by atoms with E-state index in [2.05, 4.69) is 11.3 Å². The van der Waals surface area contributed by atoms with Gasteiger partial charge in [-0.3, -0.25) is 0 Å². The molecular weight excluding hydrogens is 170 g/mol. The molecule has 0 aromatic heterocycles. The summed E-state index contributed by atoms with van der Waals surface area (Å²) in [6.07, 6.45) is 2.68. The summed E-state index contributed by atoms with van der Waals surface area (Å²) in [6.45, 7) is 11.5. The van der Waals surface area contributed by atoms with Gasteiger partial charge in [0.1, 0.15) is 4.75 Å². The van der Waals surface area contributed by atoms with Crippen molar-refractivity contribution in [2.45, 2.75) is 44.9 Å². The van der Waals surface area contributed by atoms with E-state index in [0.717, 1.165) is 6.42 Å². The Labute approximate surface area is 78.7 Å². The van der Waals surface area contributed by atoms with Gasteiger partial charge in [0.25, 0.3) is 0 Å². The molecule has 2 nitrogen and oxygen atoms in total. The van der Waals surface area contributed by atoms with Crippen molar-refractivity contribution in [3.8, 4) is 0 Å². The van der Waals surface area contributed by atoms with E-state index >= 15 is 0 Å². The largest absolute Gasteiger partial charge is 0.598 e. The monoisotopic (exact) mass is 189 g/mol. The molecule has 0 amide bonds. The van der Waals surface area contributed by atoms with Crippen LogP contribution in [0.4, 0.5) is 0 Å². The molecule has 0 aromatic carbocycles. The van der Waals surface area contributed by atoms with Crippen molar-refractivity contribution in [1.29, 1.82) is 0 Å². The molecule has 0 saturated heterocycles. The fourth-order valence-electron chi connectivity index (χ4n) is 0.658. The number of rotatable bonds is 4. The van der Waals surface area contributed by atoms with Gasteiger partial charge in [0, 0.05) is 11.4 Å². The summed E-state index contributed by atoms with van der Waals surface area (Å²) in [7, 11) is 0. The molecule has 0 radical (unpaired) electrons. The minimum Gasteiger partial charge on any atom is -0.598 e. The van der Waals surface area contributed by atoms with Crippen molar-refractivity contribution in [2.24, 2.45) is 0 Å². The highest BCUT2D eigenvalue weighted by Gasteiger charge is 2.27. The molecule has 0 saturated carbocycles. The first-order chi connectivity index (χ1) is 5.38. The molecule has 0 aliphatic carbocycles. The molecule has 12 heavy (non-hydrogen) atoms. The second kappa shape index (κ2) is 4.90. The summed E-state index contributed by atoms with van der Waals surface area (Å²) >= 11 is -0.967. The third-order valence-electron chi connectivity index (χ3n) is 1.38. The van der Waals surface area contributed by atoms with E-state index in [1.807, 2.05) is 33.8 Å². The van der Waals surface area contributed by atoms with Gasteiger partial charge in [-0.25, -0.2) is 0 Å². The van der Waals surface area contributed by atoms with Crippen molar-refractivity contribution in [2.75, 3.05) is 0 Å². The average Bonchev–Trinajstić information content (AvgIpc) is 1.85. The van der Waals surface area contributed by atoms with Gasteiger partial charge in [-0.05, 0) is 34.1 Å². The Morgan fingerprint density at radius 2 is 2.08 bits per heavy atom. The zero-order chi connectivity index (χ0) is 9.78. The molecule has 0 bridgehead atoms. The quantitative estimate of drug-likeness (QED) is 0.542. The van der Waals surface area contributed by atoms with E-state index < -0.39 is 11.4 Å². The molecule has 0 spiro atoms. The van der Waals surface area contributed by atoms with Crippen LogP contribution in [0.5, 0.6) is 0 Å². The lowest BCUT2D eigenvalue weighted by Crippen LogP contribution is -2.43. The van der Waals surface area contributed by atoms with Gasteiger partial charge in [-0.1, -0.05) is 6.08 Å². The summed E-state index contributed by atoms with van der Waals surface area (Å²) in [5.41, 5.74) is 0. The molecule has 3 heteroatoms. The Morgan fingerprint density at radius 3 is 2.42 bits per heavy atom. The van der Waals surface area contributed by atoms with Crippen LogP contribution in [0.15, 0.2) is 12.7 Å². The number of hydrogen-bond acceptors (Lipinski definition) is 2. The van der Waals surface area contributed by atoms with Crippen molar-refractivity contribution in [1.82, 2.24) is 4.72 Å². The van der Waals surface area contributed by atoms with Crippen LogP contribution in [-0.4, -0.2) is 15.3 Å². The Bertz CT molecular complexity index is 142. The highest BCUT2D eigenvalue weighted by molar-refractivity contribution is 7.90. The average molecular weight is 189 g/mol. The predicted molar refractivity (Wildman–Crippen MR) is 55.3 cm³/mol. The first-order valence-electron chi connectivity index (χ1n) is 4.17. The molecule has 72 valence electrons. The van der Waals surface area contributed by atoms with E-state index in [1.54, 1.807) is 0 Å². The minimum absolute atomic E-state index is 0.185. The molecule has 0 aromatic rings. The Kier molecular flexibility index (Phi) is 4.90. The third kappa shape index (κ3) is 4.80. The van der Waals surface area contributed by atoms with Gasteiger partial charge in [-0.15, -0.1) is 11.3 Å². The topological polar surface area (TPSA) is 35.1 Å². The van der Waals surface area contributed by atoms with Crippen LogP contribution in [0.1, 0.15) is 34.1 Å². The van der Waals surface area contributed by atoms with Crippen molar-refractivity contribution in [3.63, 3.8) is 0 Å². The molecule has 0 unspecified atom stereocenters. The van der Waals surface area contributed by atoms with Crippen molar-refractivity contribution >= 4 is 11.4 Å². The van der Waals surface area contributed by atoms with Gasteiger partial charge in [0.05, 0.1) is 6.04 Å². The lowest BCUT2D eigenvalue weighted by molar-refractivity contribution is 0.528. The van der Waals surface area contributed by atoms with E-state index in [0.29, 0.717) is 0 Å². The maximum absolute atomic E-state index is 11.5. The van der Waals surface area contributed by atoms with Gasteiger partial charge in [0.15, 0.2) is 0 Å². The first kappa shape index (κ1) is 12.0. The molecular formula is C9H19NOS. The SMILES string of the molecule is C=CC[C@@H](C)N[S@@+]([O-])C(C)(C)C. The van der Waals surface area contributed by atoms with E-state index in [4.69, 9.17) is 0 Å². The first-order valence-corrected chi connectivity index (χ1v) is 5.32. The lowest BCUT2D eigenvalue weighted by atomic mass is 10.2. The van der Waals surface area contributed by atoms with E-state index in [9.17, 15) is 4.55 Å². The predicted octanol–water partition coefficient (Wildman–Crippen LogP) is 2.00. The van der Waals surface area contributed by atoms with Crippen LogP contribution in [0.2, 0.25) is 0 Å². The standard InChI is InChI=1S/C9H19NOS/c1-6-7-8(2)10-12(11)9(3,4)5/h6,8,10H,1,7H2,2-5H3/t8-,12+/m1/s1. The maximum Gasteiger partial charge on any atom is 0.136 e. The van der Waals surface area contributed by atoms with E-state index in [-0.39, 0.29) is 10.8 Å². The highest BCUT2D eigenvalue weighted by atomic mass is 32.2. The van der Waals surface area contributed by atoms with E-state index in [1.165, 1.54) is 0 Å². The van der Waals surface area contributed by atoms with Crippen LogP contribution in [0.3, 0.4) is 0 Å². The molecule has 0 heterocycles. The summed E-state index contributed by atoms with van der Waals surface area (Å²) < 4.78 is 14.4. The van der Waals surface area contributed by atoms with Gasteiger partial charge in [-0.2, -0.15) is 0 Å². The van der Waals surface area contributed by atoms with Gasteiger partial charge < -0.3 is 4.55 Å². The van der Waals surface area contributed by atoms with Crippen molar-refractivity contribution in [3.05, 3.63) is 12.7 Å². The Balaban J connectivity index is 3.83. The van der Waals surface area contributed by atoms with Gasteiger partial charge in [0.2, 0.25) is 0 Å². The normalized spacial score (nSPS) is 17.1. The van der Waals surface area contributed by atoms with Crippen LogP contribution >= 0.6 is 0 Å². The lowest BCUT2D eigenvalue weighted by Gasteiger charge is -2.25.